The number of Topliss-reactive ketones (excluding diaryl/α,β-unsaturated/α-hetero) is 1. The van der Waals surface area contributed by atoms with Gasteiger partial charge in [0.1, 0.15) is 0 Å². The molecule has 1 atom stereocenters. The summed E-state index contributed by atoms with van der Waals surface area (Å²) in [7, 11) is 0. The summed E-state index contributed by atoms with van der Waals surface area (Å²) in [6, 6.07) is 14.7. The number of rotatable bonds is 8. The van der Waals surface area contributed by atoms with E-state index in [1.807, 2.05) is 38.1 Å². The van der Waals surface area contributed by atoms with Gasteiger partial charge in [-0.2, -0.15) is 0 Å². The van der Waals surface area contributed by atoms with E-state index < -0.39 is 0 Å². The van der Waals surface area contributed by atoms with E-state index >= 15 is 0 Å². The third kappa shape index (κ3) is 5.55. The van der Waals surface area contributed by atoms with Crippen LogP contribution in [0.4, 0.5) is 5.69 Å². The van der Waals surface area contributed by atoms with Gasteiger partial charge in [0.15, 0.2) is 11.6 Å². The van der Waals surface area contributed by atoms with Gasteiger partial charge in [0.05, 0.1) is 5.25 Å². The van der Waals surface area contributed by atoms with Gasteiger partial charge in [0.25, 0.3) is 0 Å². The van der Waals surface area contributed by atoms with Crippen LogP contribution in [0.25, 0.3) is 11.4 Å². The van der Waals surface area contributed by atoms with Gasteiger partial charge in [-0.3, -0.25) is 14.7 Å². The zero-order valence-corrected chi connectivity index (χ0v) is 18.5. The smallest absolute Gasteiger partial charge is 0.224 e. The standard InChI is InChI=1S/C21H21BrN4O2S/c1-3-6-18(27)23-15-11-9-14(10-12-15)19(28)13(2)29-21-24-20(25-26-21)16-7-4-5-8-17(16)22/h4-5,7-13H,3,6H2,1-2H3,(H,23,27)(H,24,25,26). The molecule has 0 radical (unpaired) electrons. The van der Waals surface area contributed by atoms with Crippen LogP contribution in [-0.2, 0) is 4.79 Å². The maximum atomic E-state index is 12.7. The Kier molecular flexibility index (Phi) is 7.22. The summed E-state index contributed by atoms with van der Waals surface area (Å²) in [5, 5.41) is 10.1. The maximum absolute atomic E-state index is 12.7. The van der Waals surface area contributed by atoms with Crippen molar-refractivity contribution in [3.05, 3.63) is 58.6 Å². The molecule has 150 valence electrons. The predicted octanol–water partition coefficient (Wildman–Crippen LogP) is 5.34. The second kappa shape index (κ2) is 9.84. The molecule has 2 N–H and O–H groups in total. The lowest BCUT2D eigenvalue weighted by Gasteiger charge is -2.09. The summed E-state index contributed by atoms with van der Waals surface area (Å²) in [6.45, 7) is 3.79. The molecule has 1 heterocycles. The number of aromatic nitrogens is 3. The summed E-state index contributed by atoms with van der Waals surface area (Å²) >= 11 is 4.80. The number of nitrogens with one attached hydrogen (secondary N) is 2. The largest absolute Gasteiger partial charge is 0.326 e. The van der Waals surface area contributed by atoms with Crippen LogP contribution in [0.1, 0.15) is 37.0 Å². The van der Waals surface area contributed by atoms with Crippen molar-refractivity contribution in [3.8, 4) is 11.4 Å². The van der Waals surface area contributed by atoms with Crippen molar-refractivity contribution < 1.29 is 9.59 Å². The second-order valence-electron chi connectivity index (χ2n) is 6.45. The fourth-order valence-corrected chi connectivity index (χ4v) is 3.96. The summed E-state index contributed by atoms with van der Waals surface area (Å²) in [5.74, 6) is 0.599. The van der Waals surface area contributed by atoms with Gasteiger partial charge >= 0.3 is 0 Å². The minimum atomic E-state index is -0.349. The zero-order valence-electron chi connectivity index (χ0n) is 16.1. The fourth-order valence-electron chi connectivity index (χ4n) is 2.69. The third-order valence-corrected chi connectivity index (χ3v) is 5.83. The second-order valence-corrected chi connectivity index (χ2v) is 8.61. The number of thioether (sulfide) groups is 1. The minimum Gasteiger partial charge on any atom is -0.326 e. The molecule has 1 amide bonds. The fraction of sp³-hybridized carbons (Fsp3) is 0.238. The van der Waals surface area contributed by atoms with E-state index in [0.717, 1.165) is 16.5 Å². The number of ketones is 1. The average molecular weight is 473 g/mol. The molecule has 6 nitrogen and oxygen atoms in total. The first-order valence-corrected chi connectivity index (χ1v) is 10.9. The molecule has 1 aromatic heterocycles. The Hall–Kier alpha value is -2.45. The number of halogens is 1. The molecule has 0 saturated carbocycles. The summed E-state index contributed by atoms with van der Waals surface area (Å²) in [4.78, 5) is 28.9. The molecule has 3 aromatic rings. The van der Waals surface area contributed by atoms with E-state index in [4.69, 9.17) is 0 Å². The van der Waals surface area contributed by atoms with E-state index in [9.17, 15) is 9.59 Å². The number of carbonyl (C=O) groups excluding carboxylic acids is 2. The Balaban J connectivity index is 1.64. The van der Waals surface area contributed by atoms with Gasteiger partial charge in [0, 0.05) is 27.7 Å². The predicted molar refractivity (Wildman–Crippen MR) is 119 cm³/mol. The van der Waals surface area contributed by atoms with Gasteiger partial charge in [-0.05, 0) is 43.7 Å². The van der Waals surface area contributed by atoms with Gasteiger partial charge in [-0.15, -0.1) is 5.10 Å². The third-order valence-electron chi connectivity index (χ3n) is 4.18. The Morgan fingerprint density at radius 2 is 1.90 bits per heavy atom. The highest BCUT2D eigenvalue weighted by atomic mass is 79.9. The van der Waals surface area contributed by atoms with Gasteiger partial charge in [-0.1, -0.05) is 52.8 Å². The van der Waals surface area contributed by atoms with E-state index in [-0.39, 0.29) is 16.9 Å². The SMILES string of the molecule is CCCC(=O)Nc1ccc(C(=O)C(C)Sc2n[nH]c(-c3ccccc3Br)n2)cc1. The first kappa shape index (κ1) is 21.3. The summed E-state index contributed by atoms with van der Waals surface area (Å²) in [6.07, 6.45) is 1.27. The number of amides is 1. The van der Waals surface area contributed by atoms with Crippen LogP contribution in [0.5, 0.6) is 0 Å². The lowest BCUT2D eigenvalue weighted by Crippen LogP contribution is -2.14. The molecule has 0 saturated heterocycles. The van der Waals surface area contributed by atoms with Crippen molar-refractivity contribution in [1.29, 1.82) is 0 Å². The number of hydrogen-bond donors (Lipinski definition) is 2. The van der Waals surface area contributed by atoms with Crippen molar-refractivity contribution in [2.24, 2.45) is 0 Å². The van der Waals surface area contributed by atoms with Gasteiger partial charge in [-0.25, -0.2) is 4.98 Å². The molecule has 0 spiro atoms. The lowest BCUT2D eigenvalue weighted by molar-refractivity contribution is -0.116. The van der Waals surface area contributed by atoms with E-state index in [1.165, 1.54) is 11.8 Å². The molecule has 3 rings (SSSR count). The molecule has 8 heteroatoms. The highest BCUT2D eigenvalue weighted by Crippen LogP contribution is 2.28. The number of carbonyl (C=O) groups is 2. The molecule has 0 aliphatic rings. The van der Waals surface area contributed by atoms with Crippen molar-refractivity contribution in [2.75, 3.05) is 5.32 Å². The summed E-state index contributed by atoms with van der Waals surface area (Å²) in [5.41, 5.74) is 2.18. The van der Waals surface area contributed by atoms with Crippen molar-refractivity contribution in [3.63, 3.8) is 0 Å². The van der Waals surface area contributed by atoms with Crippen LogP contribution >= 0.6 is 27.7 Å². The van der Waals surface area contributed by atoms with Crippen LogP contribution in [0.2, 0.25) is 0 Å². The first-order chi connectivity index (χ1) is 14.0. The molecule has 29 heavy (non-hydrogen) atoms. The van der Waals surface area contributed by atoms with Crippen LogP contribution in [0.15, 0.2) is 58.2 Å². The molecule has 0 aliphatic heterocycles. The number of aromatic amines is 1. The summed E-state index contributed by atoms with van der Waals surface area (Å²) < 4.78 is 0.919. The molecule has 0 bridgehead atoms. The van der Waals surface area contributed by atoms with Crippen molar-refractivity contribution in [2.45, 2.75) is 37.1 Å². The Bertz CT molecular complexity index is 1000. The van der Waals surface area contributed by atoms with Crippen LogP contribution < -0.4 is 5.32 Å². The zero-order chi connectivity index (χ0) is 20.8. The number of H-pyrrole nitrogens is 1. The topological polar surface area (TPSA) is 87.7 Å². The van der Waals surface area contributed by atoms with E-state index in [2.05, 4.69) is 36.4 Å². The lowest BCUT2D eigenvalue weighted by atomic mass is 10.1. The highest BCUT2D eigenvalue weighted by molar-refractivity contribution is 9.10. The average Bonchev–Trinajstić information content (AvgIpc) is 3.16. The van der Waals surface area contributed by atoms with Crippen LogP contribution in [0.3, 0.4) is 0 Å². The van der Waals surface area contributed by atoms with Crippen molar-refractivity contribution in [1.82, 2.24) is 15.2 Å². The number of hydrogen-bond acceptors (Lipinski definition) is 5. The molecule has 0 aliphatic carbocycles. The molecule has 1 unspecified atom stereocenters. The van der Waals surface area contributed by atoms with Gasteiger partial charge in [0.2, 0.25) is 11.1 Å². The molecular formula is C21H21BrN4O2S. The monoisotopic (exact) mass is 472 g/mol. The Labute approximate surface area is 182 Å². The van der Waals surface area contributed by atoms with Crippen molar-refractivity contribution >= 4 is 45.1 Å². The van der Waals surface area contributed by atoms with E-state index in [1.54, 1.807) is 24.3 Å². The Morgan fingerprint density at radius 3 is 2.59 bits per heavy atom. The minimum absolute atomic E-state index is 0.0197. The Morgan fingerprint density at radius 1 is 1.17 bits per heavy atom. The van der Waals surface area contributed by atoms with Gasteiger partial charge < -0.3 is 5.32 Å². The quantitative estimate of drug-likeness (QED) is 0.341. The van der Waals surface area contributed by atoms with Crippen LogP contribution in [0, 0.1) is 0 Å². The number of benzene rings is 2. The first-order valence-electron chi connectivity index (χ1n) is 9.26. The normalized spacial score (nSPS) is 11.8. The molecule has 0 fully saturated rings. The molecular weight excluding hydrogens is 452 g/mol. The highest BCUT2D eigenvalue weighted by Gasteiger charge is 2.19. The van der Waals surface area contributed by atoms with Crippen LogP contribution in [-0.4, -0.2) is 32.1 Å². The molecule has 2 aromatic carbocycles. The number of anilines is 1. The van der Waals surface area contributed by atoms with E-state index in [0.29, 0.717) is 28.7 Å². The number of nitrogens with zero attached hydrogens (tertiary/aromatic N) is 2. The maximum Gasteiger partial charge on any atom is 0.224 e.